The van der Waals surface area contributed by atoms with Crippen LogP contribution in [0.2, 0.25) is 0 Å². The molecule has 2 N–H and O–H groups in total. The Morgan fingerprint density at radius 3 is 2.69 bits per heavy atom. The summed E-state index contributed by atoms with van der Waals surface area (Å²) in [4.78, 5) is 24.4. The zero-order valence-electron chi connectivity index (χ0n) is 16.0. The van der Waals surface area contributed by atoms with Crippen LogP contribution in [0.1, 0.15) is 52.9 Å². The summed E-state index contributed by atoms with van der Waals surface area (Å²) in [5.41, 5.74) is -0.725. The first-order chi connectivity index (χ1) is 12.2. The molecule has 7 atom stereocenters. The average molecular weight is 358 g/mol. The summed E-state index contributed by atoms with van der Waals surface area (Å²) in [5, 5.41) is 20.9. The van der Waals surface area contributed by atoms with Gasteiger partial charge in [0.15, 0.2) is 11.6 Å². The van der Waals surface area contributed by atoms with Gasteiger partial charge in [-0.1, -0.05) is 32.4 Å². The van der Waals surface area contributed by atoms with E-state index < -0.39 is 23.4 Å². The van der Waals surface area contributed by atoms with E-state index in [4.69, 9.17) is 0 Å². The lowest BCUT2D eigenvalue weighted by atomic mass is 9.47. The monoisotopic (exact) mass is 358 g/mol. The fourth-order valence-corrected chi connectivity index (χ4v) is 7.25. The van der Waals surface area contributed by atoms with Crippen molar-refractivity contribution in [2.45, 2.75) is 58.5 Å². The predicted octanol–water partition coefficient (Wildman–Crippen LogP) is 2.83. The second-order valence-electron chi connectivity index (χ2n) is 9.54. The molecule has 4 aliphatic rings. The van der Waals surface area contributed by atoms with Crippen LogP contribution in [0, 0.1) is 34.5 Å². The van der Waals surface area contributed by atoms with Gasteiger partial charge in [-0.05, 0) is 67.9 Å². The highest BCUT2D eigenvalue weighted by molar-refractivity contribution is 6.01. The predicted molar refractivity (Wildman–Crippen MR) is 98.2 cm³/mol. The zero-order chi connectivity index (χ0) is 18.9. The van der Waals surface area contributed by atoms with Crippen molar-refractivity contribution in [3.05, 3.63) is 23.8 Å². The van der Waals surface area contributed by atoms with Crippen molar-refractivity contribution in [1.29, 1.82) is 0 Å². The van der Waals surface area contributed by atoms with Gasteiger partial charge in [0.05, 0.1) is 0 Å². The molecule has 0 radical (unpaired) electrons. The van der Waals surface area contributed by atoms with E-state index >= 15 is 0 Å². The smallest absolute Gasteiger partial charge is 0.190 e. The third-order valence-corrected chi connectivity index (χ3v) is 8.71. The van der Waals surface area contributed by atoms with E-state index in [1.165, 1.54) is 5.57 Å². The van der Waals surface area contributed by atoms with E-state index in [1.54, 1.807) is 6.08 Å². The van der Waals surface area contributed by atoms with Crippen LogP contribution >= 0.6 is 0 Å². The van der Waals surface area contributed by atoms with Gasteiger partial charge in [0, 0.05) is 10.8 Å². The van der Waals surface area contributed by atoms with Crippen LogP contribution < -0.4 is 0 Å². The molecule has 0 amide bonds. The number of hydrogen-bond donors (Lipinski definition) is 2. The molecule has 0 aliphatic heterocycles. The number of carbonyl (C=O) groups excluding carboxylic acids is 2. The van der Waals surface area contributed by atoms with Crippen molar-refractivity contribution in [1.82, 2.24) is 0 Å². The number of rotatable bonds is 2. The highest BCUT2D eigenvalue weighted by Gasteiger charge is 2.68. The van der Waals surface area contributed by atoms with E-state index in [2.05, 4.69) is 19.9 Å². The molecule has 26 heavy (non-hydrogen) atoms. The van der Waals surface area contributed by atoms with Crippen LogP contribution in [0.25, 0.3) is 0 Å². The first-order valence-corrected chi connectivity index (χ1v) is 9.99. The van der Waals surface area contributed by atoms with Gasteiger partial charge in [-0.15, -0.1) is 0 Å². The number of aliphatic hydroxyl groups is 2. The molecule has 0 saturated heterocycles. The highest BCUT2D eigenvalue weighted by atomic mass is 16.3. The molecule has 3 fully saturated rings. The maximum absolute atomic E-state index is 12.5. The fourth-order valence-electron chi connectivity index (χ4n) is 7.25. The van der Waals surface area contributed by atoms with E-state index in [0.29, 0.717) is 11.8 Å². The molecule has 0 aromatic heterocycles. The Hall–Kier alpha value is -1.26. The standard InChI is InChI=1S/C22H30O4/c1-13-10-18-16-5-4-14-11-15(24)6-8-20(14,2)17(16)7-9-21(18,3)22(13,26)19(25)12-23/h6,8,11,13,16-18,23,26H,4-5,7,9-10,12H2,1-3H3/t13-,16+,17-,18-,20-,21-,22-/m0/s1. The van der Waals surface area contributed by atoms with Crippen molar-refractivity contribution in [3.63, 3.8) is 0 Å². The zero-order valence-corrected chi connectivity index (χ0v) is 16.0. The number of ketones is 2. The SMILES string of the molecule is C[C@H]1C[C@H]2[C@@H]3CCC4=CC(=O)C=C[C@]4(C)[C@H]3CC[C@]2(C)[C@@]1(O)C(=O)CO. The van der Waals surface area contributed by atoms with Crippen LogP contribution in [0.5, 0.6) is 0 Å². The summed E-state index contributed by atoms with van der Waals surface area (Å²) in [6.45, 7) is 5.69. The molecule has 0 bridgehead atoms. The van der Waals surface area contributed by atoms with Crippen molar-refractivity contribution in [2.24, 2.45) is 34.5 Å². The lowest BCUT2D eigenvalue weighted by molar-refractivity contribution is -0.169. The molecule has 4 heteroatoms. The maximum atomic E-state index is 12.5. The number of aliphatic hydroxyl groups excluding tert-OH is 1. The summed E-state index contributed by atoms with van der Waals surface area (Å²) in [6, 6.07) is 0. The third kappa shape index (κ3) is 2.03. The van der Waals surface area contributed by atoms with Crippen LogP contribution in [0.4, 0.5) is 0 Å². The Labute approximate surface area is 155 Å². The Balaban J connectivity index is 1.72. The summed E-state index contributed by atoms with van der Waals surface area (Å²) in [6.07, 6.45) is 10.1. The first-order valence-electron chi connectivity index (χ1n) is 9.99. The molecule has 142 valence electrons. The minimum Gasteiger partial charge on any atom is -0.388 e. The first kappa shape index (κ1) is 18.1. The van der Waals surface area contributed by atoms with Crippen molar-refractivity contribution >= 4 is 11.6 Å². The number of hydrogen-bond acceptors (Lipinski definition) is 4. The molecule has 4 nitrogen and oxygen atoms in total. The second-order valence-corrected chi connectivity index (χ2v) is 9.54. The highest BCUT2D eigenvalue weighted by Crippen LogP contribution is 2.68. The average Bonchev–Trinajstić information content (AvgIpc) is 2.83. The van der Waals surface area contributed by atoms with E-state index in [-0.39, 0.29) is 23.0 Å². The van der Waals surface area contributed by atoms with E-state index in [9.17, 15) is 19.8 Å². The van der Waals surface area contributed by atoms with Crippen LogP contribution in [0.15, 0.2) is 23.8 Å². The van der Waals surface area contributed by atoms with E-state index in [1.807, 2.05) is 13.0 Å². The maximum Gasteiger partial charge on any atom is 0.190 e. The largest absolute Gasteiger partial charge is 0.388 e. The molecule has 3 saturated carbocycles. The quantitative estimate of drug-likeness (QED) is 0.796. The van der Waals surface area contributed by atoms with E-state index in [0.717, 1.165) is 32.1 Å². The Morgan fingerprint density at radius 2 is 2.00 bits per heavy atom. The lowest BCUT2D eigenvalue weighted by Crippen LogP contribution is -2.59. The molecule has 0 aromatic rings. The molecule has 0 unspecified atom stereocenters. The Morgan fingerprint density at radius 1 is 1.27 bits per heavy atom. The number of fused-ring (bicyclic) bond motifs is 5. The van der Waals surface area contributed by atoms with Gasteiger partial charge in [0.1, 0.15) is 12.2 Å². The minimum atomic E-state index is -1.42. The van der Waals surface area contributed by atoms with Gasteiger partial charge >= 0.3 is 0 Å². The normalized spacial score (nSPS) is 49.9. The van der Waals surface area contributed by atoms with Gasteiger partial charge in [-0.2, -0.15) is 0 Å². The van der Waals surface area contributed by atoms with Gasteiger partial charge in [0.2, 0.25) is 0 Å². The number of Topliss-reactive ketones (excluding diaryl/α,β-unsaturated/α-hetero) is 1. The van der Waals surface area contributed by atoms with Gasteiger partial charge in [-0.3, -0.25) is 9.59 Å². The van der Waals surface area contributed by atoms with Crippen molar-refractivity contribution in [3.8, 4) is 0 Å². The Bertz CT molecular complexity index is 722. The van der Waals surface area contributed by atoms with Crippen LogP contribution in [-0.2, 0) is 9.59 Å². The second kappa shape index (κ2) is 5.62. The van der Waals surface area contributed by atoms with Crippen molar-refractivity contribution in [2.75, 3.05) is 6.61 Å². The molecule has 0 aromatic carbocycles. The third-order valence-electron chi connectivity index (χ3n) is 8.71. The van der Waals surface area contributed by atoms with Gasteiger partial charge < -0.3 is 10.2 Å². The molecule has 4 aliphatic carbocycles. The molecular formula is C22H30O4. The van der Waals surface area contributed by atoms with Crippen LogP contribution in [-0.4, -0.2) is 34.0 Å². The topological polar surface area (TPSA) is 74.6 Å². The molecule has 0 heterocycles. The summed E-state index contributed by atoms with van der Waals surface area (Å²) >= 11 is 0. The summed E-state index contributed by atoms with van der Waals surface area (Å²) < 4.78 is 0. The number of carbonyl (C=O) groups is 2. The molecule has 0 spiro atoms. The summed E-state index contributed by atoms with van der Waals surface area (Å²) in [7, 11) is 0. The van der Waals surface area contributed by atoms with Crippen LogP contribution in [0.3, 0.4) is 0 Å². The summed E-state index contributed by atoms with van der Waals surface area (Å²) in [5.74, 6) is 0.707. The van der Waals surface area contributed by atoms with Gasteiger partial charge in [0.25, 0.3) is 0 Å². The Kier molecular flexibility index (Phi) is 3.92. The minimum absolute atomic E-state index is 0.0803. The number of allylic oxidation sites excluding steroid dienone is 4. The van der Waals surface area contributed by atoms with Crippen molar-refractivity contribution < 1.29 is 19.8 Å². The molecular weight excluding hydrogens is 328 g/mol. The fraction of sp³-hybridized carbons (Fsp3) is 0.727. The molecule has 4 rings (SSSR count). The lowest BCUT2D eigenvalue weighted by Gasteiger charge is -2.58. The van der Waals surface area contributed by atoms with Gasteiger partial charge in [-0.25, -0.2) is 0 Å².